The van der Waals surface area contributed by atoms with Crippen LogP contribution in [0.4, 0.5) is 0 Å². The van der Waals surface area contributed by atoms with E-state index >= 15 is 0 Å². The van der Waals surface area contributed by atoms with Crippen molar-refractivity contribution < 1.29 is 28.6 Å². The lowest BCUT2D eigenvalue weighted by Gasteiger charge is -2.17. The first-order chi connectivity index (χ1) is 18.0. The summed E-state index contributed by atoms with van der Waals surface area (Å²) in [4.78, 5) is 37.7. The Morgan fingerprint density at radius 2 is 1.00 bits per heavy atom. The summed E-state index contributed by atoms with van der Waals surface area (Å²) in [7, 11) is 0. The van der Waals surface area contributed by atoms with Gasteiger partial charge < -0.3 is 30.2 Å². The quantitative estimate of drug-likeness (QED) is 0.0715. The minimum Gasteiger partial charge on any atom is -0.381 e. The standard InChI is InChI=1S/C27H52IN3O6/c1-3-5-16-35-19-9-13-29-25(32)22-24(27(34)31-15-11-21-36-17-6-4-2)23-26(33)30-14-10-20-37-18-8-7-12-28/h24H,3-23H2,1-2H3,(H,29,32)(H,30,33)(H,31,34). The van der Waals surface area contributed by atoms with E-state index in [1.165, 1.54) is 0 Å². The maximum absolute atomic E-state index is 12.8. The average Bonchev–Trinajstić information content (AvgIpc) is 2.88. The Bertz CT molecular complexity index is 568. The largest absolute Gasteiger partial charge is 0.381 e. The molecule has 0 aromatic heterocycles. The fraction of sp³-hybridized carbons (Fsp3) is 0.889. The van der Waals surface area contributed by atoms with E-state index in [9.17, 15) is 14.4 Å². The Morgan fingerprint density at radius 1 is 0.595 bits per heavy atom. The highest BCUT2D eigenvalue weighted by Crippen LogP contribution is 2.10. The molecule has 0 spiro atoms. The zero-order chi connectivity index (χ0) is 27.4. The lowest BCUT2D eigenvalue weighted by molar-refractivity contribution is -0.133. The van der Waals surface area contributed by atoms with Crippen molar-refractivity contribution >= 4 is 40.3 Å². The summed E-state index contributed by atoms with van der Waals surface area (Å²) in [5.41, 5.74) is 0. The molecular weight excluding hydrogens is 589 g/mol. The van der Waals surface area contributed by atoms with Crippen LogP contribution in [0.2, 0.25) is 0 Å². The van der Waals surface area contributed by atoms with Gasteiger partial charge in [0, 0.05) is 72.1 Å². The Balaban J connectivity index is 4.41. The minimum absolute atomic E-state index is 0.0249. The third-order valence-corrected chi connectivity index (χ3v) is 6.29. The fourth-order valence-electron chi connectivity index (χ4n) is 3.28. The normalized spacial score (nSPS) is 11.8. The van der Waals surface area contributed by atoms with Gasteiger partial charge in [0.25, 0.3) is 0 Å². The molecule has 218 valence electrons. The number of carbonyl (C=O) groups is 3. The number of carbonyl (C=O) groups excluding carboxylic acids is 3. The van der Waals surface area contributed by atoms with E-state index in [2.05, 4.69) is 52.4 Å². The number of hydrogen-bond donors (Lipinski definition) is 3. The Hall–Kier alpha value is -0.980. The molecule has 0 heterocycles. The van der Waals surface area contributed by atoms with E-state index in [1.54, 1.807) is 0 Å². The van der Waals surface area contributed by atoms with Gasteiger partial charge in [-0.1, -0.05) is 49.3 Å². The van der Waals surface area contributed by atoms with E-state index in [-0.39, 0.29) is 30.6 Å². The highest BCUT2D eigenvalue weighted by molar-refractivity contribution is 14.1. The van der Waals surface area contributed by atoms with E-state index in [0.717, 1.165) is 62.8 Å². The van der Waals surface area contributed by atoms with Crippen LogP contribution in [0.15, 0.2) is 0 Å². The van der Waals surface area contributed by atoms with Gasteiger partial charge in [0.15, 0.2) is 0 Å². The summed E-state index contributed by atoms with van der Waals surface area (Å²) in [6.45, 7) is 9.60. The molecule has 0 aromatic rings. The summed E-state index contributed by atoms with van der Waals surface area (Å²) >= 11 is 2.35. The number of unbranched alkanes of at least 4 members (excludes halogenated alkanes) is 3. The number of halogens is 1. The number of nitrogens with one attached hydrogen (secondary N) is 3. The van der Waals surface area contributed by atoms with Crippen molar-refractivity contribution in [3.8, 4) is 0 Å². The first-order valence-electron chi connectivity index (χ1n) is 14.1. The maximum Gasteiger partial charge on any atom is 0.224 e. The molecule has 3 N–H and O–H groups in total. The molecule has 37 heavy (non-hydrogen) atoms. The van der Waals surface area contributed by atoms with Crippen molar-refractivity contribution in [1.82, 2.24) is 16.0 Å². The third-order valence-electron chi connectivity index (χ3n) is 5.53. The fourth-order valence-corrected chi connectivity index (χ4v) is 3.82. The van der Waals surface area contributed by atoms with E-state index in [4.69, 9.17) is 14.2 Å². The van der Waals surface area contributed by atoms with Crippen LogP contribution < -0.4 is 16.0 Å². The zero-order valence-electron chi connectivity index (χ0n) is 23.3. The molecule has 0 saturated heterocycles. The molecule has 1 unspecified atom stereocenters. The van der Waals surface area contributed by atoms with Gasteiger partial charge in [-0.3, -0.25) is 14.4 Å². The highest BCUT2D eigenvalue weighted by atomic mass is 127. The summed E-state index contributed by atoms with van der Waals surface area (Å²) in [6.07, 6.45) is 8.49. The number of amides is 3. The molecule has 0 bridgehead atoms. The molecule has 0 aromatic carbocycles. The third kappa shape index (κ3) is 25.1. The van der Waals surface area contributed by atoms with Crippen molar-refractivity contribution in [1.29, 1.82) is 0 Å². The Morgan fingerprint density at radius 3 is 1.43 bits per heavy atom. The van der Waals surface area contributed by atoms with Crippen LogP contribution in [0.5, 0.6) is 0 Å². The van der Waals surface area contributed by atoms with Crippen LogP contribution in [-0.4, -0.2) is 81.4 Å². The van der Waals surface area contributed by atoms with Gasteiger partial charge in [-0.05, 0) is 49.4 Å². The van der Waals surface area contributed by atoms with Crippen molar-refractivity contribution in [2.45, 2.75) is 84.5 Å². The van der Waals surface area contributed by atoms with Crippen LogP contribution in [0.25, 0.3) is 0 Å². The SMILES string of the molecule is CCCCOCCCNC(=O)CC(CC(=O)NCCCOCCCCI)C(=O)NCCCOCCCC. The first kappa shape index (κ1) is 36.0. The van der Waals surface area contributed by atoms with E-state index in [0.29, 0.717) is 58.7 Å². The van der Waals surface area contributed by atoms with Gasteiger partial charge in [-0.2, -0.15) is 0 Å². The molecular formula is C27H52IN3O6. The molecule has 10 heteroatoms. The number of ether oxygens (including phenoxy) is 3. The molecule has 0 rings (SSSR count). The van der Waals surface area contributed by atoms with Crippen molar-refractivity contribution in [3.63, 3.8) is 0 Å². The Kier molecular flexibility index (Phi) is 27.3. The second-order valence-corrected chi connectivity index (χ2v) is 10.2. The van der Waals surface area contributed by atoms with Gasteiger partial charge in [0.1, 0.15) is 0 Å². The smallest absolute Gasteiger partial charge is 0.224 e. The summed E-state index contributed by atoms with van der Waals surface area (Å²) in [6, 6.07) is 0. The lowest BCUT2D eigenvalue weighted by Crippen LogP contribution is -2.39. The van der Waals surface area contributed by atoms with Gasteiger partial charge in [0.2, 0.25) is 17.7 Å². The number of rotatable bonds is 27. The van der Waals surface area contributed by atoms with Gasteiger partial charge >= 0.3 is 0 Å². The molecule has 3 amide bonds. The zero-order valence-corrected chi connectivity index (χ0v) is 25.4. The van der Waals surface area contributed by atoms with Crippen LogP contribution in [0, 0.1) is 5.92 Å². The second-order valence-electron chi connectivity index (χ2n) is 9.10. The molecule has 0 aliphatic carbocycles. The highest BCUT2D eigenvalue weighted by Gasteiger charge is 2.24. The van der Waals surface area contributed by atoms with Crippen LogP contribution in [0.3, 0.4) is 0 Å². The van der Waals surface area contributed by atoms with Crippen LogP contribution >= 0.6 is 22.6 Å². The lowest BCUT2D eigenvalue weighted by atomic mass is 9.99. The molecule has 1 atom stereocenters. The predicted molar refractivity (Wildman–Crippen MR) is 156 cm³/mol. The summed E-state index contributed by atoms with van der Waals surface area (Å²) in [5, 5.41) is 8.55. The predicted octanol–water partition coefficient (Wildman–Crippen LogP) is 3.77. The molecule has 0 aliphatic rings. The number of hydrogen-bond acceptors (Lipinski definition) is 6. The second kappa shape index (κ2) is 28.0. The van der Waals surface area contributed by atoms with E-state index < -0.39 is 5.92 Å². The molecule has 9 nitrogen and oxygen atoms in total. The summed E-state index contributed by atoms with van der Waals surface area (Å²) in [5.74, 6) is -1.46. The Labute approximate surface area is 238 Å². The molecule has 0 saturated carbocycles. The first-order valence-corrected chi connectivity index (χ1v) is 15.7. The minimum atomic E-state index is -0.716. The molecule has 0 radical (unpaired) electrons. The molecule has 0 aliphatic heterocycles. The maximum atomic E-state index is 12.8. The van der Waals surface area contributed by atoms with E-state index in [1.807, 2.05) is 0 Å². The van der Waals surface area contributed by atoms with Crippen molar-refractivity contribution in [2.75, 3.05) is 63.7 Å². The number of alkyl halides is 1. The monoisotopic (exact) mass is 641 g/mol. The van der Waals surface area contributed by atoms with Crippen LogP contribution in [0.1, 0.15) is 84.5 Å². The van der Waals surface area contributed by atoms with Crippen LogP contribution in [-0.2, 0) is 28.6 Å². The van der Waals surface area contributed by atoms with Crippen molar-refractivity contribution in [3.05, 3.63) is 0 Å². The average molecular weight is 642 g/mol. The molecule has 0 fully saturated rings. The van der Waals surface area contributed by atoms with Crippen molar-refractivity contribution in [2.24, 2.45) is 5.92 Å². The van der Waals surface area contributed by atoms with Gasteiger partial charge in [-0.25, -0.2) is 0 Å². The van der Waals surface area contributed by atoms with Gasteiger partial charge in [0.05, 0.1) is 5.92 Å². The summed E-state index contributed by atoms with van der Waals surface area (Å²) < 4.78 is 17.7. The topological polar surface area (TPSA) is 115 Å². The van der Waals surface area contributed by atoms with Gasteiger partial charge in [-0.15, -0.1) is 0 Å².